The summed E-state index contributed by atoms with van der Waals surface area (Å²) in [6.07, 6.45) is 0.719. The maximum absolute atomic E-state index is 12.7. The van der Waals surface area contributed by atoms with E-state index in [1.807, 2.05) is 0 Å². The third-order valence-electron chi connectivity index (χ3n) is 3.74. The summed E-state index contributed by atoms with van der Waals surface area (Å²) in [5, 5.41) is 9.14. The Balaban J connectivity index is 2.10. The van der Waals surface area contributed by atoms with Crippen molar-refractivity contribution in [3.05, 3.63) is 28.8 Å². The summed E-state index contributed by atoms with van der Waals surface area (Å²) in [7, 11) is -3.53. The second kappa shape index (κ2) is 7.07. The molecule has 21 heavy (non-hydrogen) atoms. The Morgan fingerprint density at radius 2 is 1.90 bits per heavy atom. The summed E-state index contributed by atoms with van der Waals surface area (Å²) in [6.45, 7) is 5.04. The molecule has 0 spiro atoms. The molecule has 0 unspecified atom stereocenters. The third kappa shape index (κ3) is 3.76. The van der Waals surface area contributed by atoms with Gasteiger partial charge in [-0.3, -0.25) is 0 Å². The highest BCUT2D eigenvalue weighted by Gasteiger charge is 2.30. The van der Waals surface area contributed by atoms with Gasteiger partial charge in [-0.1, -0.05) is 23.7 Å². The standard InChI is InChI=1S/C14H21ClN2O3S/c1-12-4-2-5-13(14(12)15)21(19,20)17-9-7-16(8-10-17)6-3-11-18/h2,4-5,18H,3,6-11H2,1H3. The number of hydrogen-bond donors (Lipinski definition) is 1. The molecule has 5 nitrogen and oxygen atoms in total. The Kier molecular flexibility index (Phi) is 5.62. The predicted molar refractivity (Wildman–Crippen MR) is 83.1 cm³/mol. The molecule has 0 radical (unpaired) electrons. The largest absolute Gasteiger partial charge is 0.396 e. The van der Waals surface area contributed by atoms with Crippen LogP contribution in [0.25, 0.3) is 0 Å². The zero-order chi connectivity index (χ0) is 15.5. The number of aliphatic hydroxyl groups is 1. The maximum atomic E-state index is 12.7. The van der Waals surface area contributed by atoms with Crippen molar-refractivity contribution in [1.82, 2.24) is 9.21 Å². The molecule has 0 aliphatic carbocycles. The fraction of sp³-hybridized carbons (Fsp3) is 0.571. The van der Waals surface area contributed by atoms with E-state index in [0.717, 1.165) is 18.5 Å². The van der Waals surface area contributed by atoms with Gasteiger partial charge in [0.2, 0.25) is 10.0 Å². The Morgan fingerprint density at radius 3 is 2.52 bits per heavy atom. The number of nitrogens with zero attached hydrogens (tertiary/aromatic N) is 2. The van der Waals surface area contributed by atoms with Gasteiger partial charge >= 0.3 is 0 Å². The zero-order valence-electron chi connectivity index (χ0n) is 12.1. The quantitative estimate of drug-likeness (QED) is 0.884. The fourth-order valence-corrected chi connectivity index (χ4v) is 4.43. The minimum absolute atomic E-state index is 0.164. The van der Waals surface area contributed by atoms with Gasteiger partial charge in [-0.2, -0.15) is 4.31 Å². The summed E-state index contributed by atoms with van der Waals surface area (Å²) in [4.78, 5) is 2.35. The minimum atomic E-state index is -3.53. The number of hydrogen-bond acceptors (Lipinski definition) is 4. The van der Waals surface area contributed by atoms with E-state index >= 15 is 0 Å². The SMILES string of the molecule is Cc1cccc(S(=O)(=O)N2CCN(CCCO)CC2)c1Cl. The molecule has 0 atom stereocenters. The lowest BCUT2D eigenvalue weighted by molar-refractivity contribution is 0.171. The molecule has 2 rings (SSSR count). The summed E-state index contributed by atoms with van der Waals surface area (Å²) >= 11 is 6.15. The average Bonchev–Trinajstić information content (AvgIpc) is 2.48. The Labute approximate surface area is 131 Å². The van der Waals surface area contributed by atoms with Crippen LogP contribution < -0.4 is 0 Å². The first kappa shape index (κ1) is 16.7. The first-order valence-electron chi connectivity index (χ1n) is 7.05. The summed E-state index contributed by atoms with van der Waals surface area (Å²) in [6, 6.07) is 5.07. The molecule has 0 bridgehead atoms. The fourth-order valence-electron chi connectivity index (χ4n) is 2.45. The van der Waals surface area contributed by atoms with Crippen LogP contribution in [-0.2, 0) is 10.0 Å². The molecule has 7 heteroatoms. The predicted octanol–water partition coefficient (Wildman–Crippen LogP) is 1.34. The van der Waals surface area contributed by atoms with E-state index in [1.165, 1.54) is 4.31 Å². The van der Waals surface area contributed by atoms with Crippen LogP contribution in [0.3, 0.4) is 0 Å². The zero-order valence-corrected chi connectivity index (χ0v) is 13.7. The highest BCUT2D eigenvalue weighted by atomic mass is 35.5. The lowest BCUT2D eigenvalue weighted by Gasteiger charge is -2.34. The normalized spacial score (nSPS) is 18.0. The van der Waals surface area contributed by atoms with Crippen LogP contribution in [0.2, 0.25) is 5.02 Å². The van der Waals surface area contributed by atoms with Crippen LogP contribution in [0.4, 0.5) is 0 Å². The van der Waals surface area contributed by atoms with Crippen molar-refractivity contribution in [2.75, 3.05) is 39.3 Å². The van der Waals surface area contributed by atoms with Crippen molar-refractivity contribution in [3.63, 3.8) is 0 Å². The van der Waals surface area contributed by atoms with Gasteiger partial charge < -0.3 is 10.0 Å². The first-order chi connectivity index (χ1) is 9.96. The highest BCUT2D eigenvalue weighted by Crippen LogP contribution is 2.27. The van der Waals surface area contributed by atoms with Gasteiger partial charge in [0.1, 0.15) is 4.90 Å². The molecule has 1 saturated heterocycles. The number of piperazine rings is 1. The number of halogens is 1. The van der Waals surface area contributed by atoms with Gasteiger partial charge in [-0.05, 0) is 25.0 Å². The van der Waals surface area contributed by atoms with Crippen LogP contribution in [-0.4, -0.2) is 62.1 Å². The molecule has 0 saturated carbocycles. The molecule has 1 aromatic rings. The molecule has 0 amide bonds. The minimum Gasteiger partial charge on any atom is -0.396 e. The summed E-state index contributed by atoms with van der Waals surface area (Å²) in [5.74, 6) is 0. The van der Waals surface area contributed by atoms with Gasteiger partial charge in [0.25, 0.3) is 0 Å². The molecule has 1 aliphatic heterocycles. The van der Waals surface area contributed by atoms with E-state index < -0.39 is 10.0 Å². The van der Waals surface area contributed by atoms with Crippen molar-refractivity contribution in [1.29, 1.82) is 0 Å². The maximum Gasteiger partial charge on any atom is 0.244 e. The summed E-state index contributed by atoms with van der Waals surface area (Å²) in [5.41, 5.74) is 0.763. The van der Waals surface area contributed by atoms with Crippen LogP contribution in [0.15, 0.2) is 23.1 Å². The van der Waals surface area contributed by atoms with Crippen molar-refractivity contribution < 1.29 is 13.5 Å². The third-order valence-corrected chi connectivity index (χ3v) is 6.29. The van der Waals surface area contributed by atoms with Crippen LogP contribution in [0.5, 0.6) is 0 Å². The van der Waals surface area contributed by atoms with Gasteiger partial charge in [-0.15, -0.1) is 0 Å². The van der Waals surface area contributed by atoms with E-state index in [-0.39, 0.29) is 11.5 Å². The van der Waals surface area contributed by atoms with E-state index in [9.17, 15) is 8.42 Å². The molecule has 1 aromatic carbocycles. The van der Waals surface area contributed by atoms with Gasteiger partial charge in [0.15, 0.2) is 0 Å². The summed E-state index contributed by atoms with van der Waals surface area (Å²) < 4.78 is 26.8. The van der Waals surface area contributed by atoms with E-state index in [1.54, 1.807) is 25.1 Å². The average molecular weight is 333 g/mol. The number of aliphatic hydroxyl groups excluding tert-OH is 1. The number of benzene rings is 1. The number of rotatable bonds is 5. The van der Waals surface area contributed by atoms with Crippen molar-refractivity contribution in [3.8, 4) is 0 Å². The van der Waals surface area contributed by atoms with Crippen molar-refractivity contribution >= 4 is 21.6 Å². The molecular weight excluding hydrogens is 312 g/mol. The molecule has 1 fully saturated rings. The van der Waals surface area contributed by atoms with Crippen molar-refractivity contribution in [2.45, 2.75) is 18.2 Å². The van der Waals surface area contributed by atoms with Gasteiger partial charge in [0.05, 0.1) is 5.02 Å². The van der Waals surface area contributed by atoms with Gasteiger partial charge in [0, 0.05) is 39.3 Å². The lowest BCUT2D eigenvalue weighted by atomic mass is 10.2. The first-order valence-corrected chi connectivity index (χ1v) is 8.87. The van der Waals surface area contributed by atoms with E-state index in [4.69, 9.17) is 16.7 Å². The second-order valence-corrected chi connectivity index (χ2v) is 7.49. The molecule has 0 aromatic heterocycles. The monoisotopic (exact) mass is 332 g/mol. The lowest BCUT2D eigenvalue weighted by Crippen LogP contribution is -2.48. The van der Waals surface area contributed by atoms with Crippen LogP contribution in [0, 0.1) is 6.92 Å². The molecular formula is C14H21ClN2O3S. The Hall–Kier alpha value is -0.660. The highest BCUT2D eigenvalue weighted by molar-refractivity contribution is 7.89. The smallest absolute Gasteiger partial charge is 0.244 e. The van der Waals surface area contributed by atoms with E-state index in [0.29, 0.717) is 31.2 Å². The number of aryl methyl sites for hydroxylation is 1. The van der Waals surface area contributed by atoms with Crippen LogP contribution in [0.1, 0.15) is 12.0 Å². The second-order valence-electron chi connectivity index (χ2n) is 5.21. The van der Waals surface area contributed by atoms with E-state index in [2.05, 4.69) is 4.90 Å². The van der Waals surface area contributed by atoms with Crippen molar-refractivity contribution in [2.24, 2.45) is 0 Å². The van der Waals surface area contributed by atoms with Gasteiger partial charge in [-0.25, -0.2) is 8.42 Å². The molecule has 118 valence electrons. The molecule has 1 aliphatic rings. The Bertz CT molecular complexity index is 584. The molecule has 1 heterocycles. The van der Waals surface area contributed by atoms with Crippen LogP contribution >= 0.6 is 11.6 Å². The molecule has 1 N–H and O–H groups in total. The number of sulfonamides is 1. The topological polar surface area (TPSA) is 60.9 Å². The Morgan fingerprint density at radius 1 is 1.24 bits per heavy atom.